The van der Waals surface area contributed by atoms with Gasteiger partial charge in [-0.3, -0.25) is 4.79 Å². The SMILES string of the molecule is C=CC[C@@]1(C)CC(c2cccc(C)c2)C(c2ccc(Cl)cc2)N(/C(=C/C)CCC(F)(F)F)C1=O. The van der Waals surface area contributed by atoms with Crippen molar-refractivity contribution in [3.63, 3.8) is 0 Å². The van der Waals surface area contributed by atoms with Crippen molar-refractivity contribution in [1.29, 1.82) is 0 Å². The van der Waals surface area contributed by atoms with Crippen LogP contribution in [0.1, 0.15) is 68.2 Å². The molecule has 0 spiro atoms. The van der Waals surface area contributed by atoms with E-state index in [9.17, 15) is 18.0 Å². The molecule has 1 amide bonds. The molecule has 3 rings (SSSR count). The van der Waals surface area contributed by atoms with Gasteiger partial charge in [0.15, 0.2) is 0 Å². The highest BCUT2D eigenvalue weighted by atomic mass is 35.5. The summed E-state index contributed by atoms with van der Waals surface area (Å²) < 4.78 is 39.5. The second kappa shape index (κ2) is 10.4. The first kappa shape index (κ1) is 26.1. The summed E-state index contributed by atoms with van der Waals surface area (Å²) in [6.45, 7) is 9.44. The second-order valence-corrected chi connectivity index (χ2v) is 9.78. The van der Waals surface area contributed by atoms with Gasteiger partial charge in [0.1, 0.15) is 0 Å². The van der Waals surface area contributed by atoms with Gasteiger partial charge >= 0.3 is 6.18 Å². The molecule has 0 aromatic heterocycles. The zero-order chi connectivity index (χ0) is 25.1. The Kier molecular flexibility index (Phi) is 7.97. The van der Waals surface area contributed by atoms with Crippen molar-refractivity contribution in [2.45, 2.75) is 64.6 Å². The Morgan fingerprint density at radius 1 is 1.21 bits per heavy atom. The second-order valence-electron chi connectivity index (χ2n) is 9.34. The van der Waals surface area contributed by atoms with Crippen LogP contribution in [0.4, 0.5) is 13.2 Å². The summed E-state index contributed by atoms with van der Waals surface area (Å²) in [5, 5.41) is 0.560. The molecule has 1 aliphatic heterocycles. The third kappa shape index (κ3) is 5.75. The number of likely N-dealkylation sites (tertiary alicyclic amines) is 1. The van der Waals surface area contributed by atoms with Gasteiger partial charge < -0.3 is 4.90 Å². The van der Waals surface area contributed by atoms with E-state index in [1.165, 1.54) is 0 Å². The van der Waals surface area contributed by atoms with E-state index < -0.39 is 24.1 Å². The van der Waals surface area contributed by atoms with E-state index in [2.05, 4.69) is 12.6 Å². The smallest absolute Gasteiger partial charge is 0.308 e. The van der Waals surface area contributed by atoms with Gasteiger partial charge in [-0.2, -0.15) is 13.2 Å². The first-order chi connectivity index (χ1) is 16.0. The summed E-state index contributed by atoms with van der Waals surface area (Å²) in [5.41, 5.74) is 2.58. The van der Waals surface area contributed by atoms with Crippen LogP contribution in [-0.2, 0) is 4.79 Å². The highest BCUT2D eigenvalue weighted by Gasteiger charge is 2.50. The Hall–Kier alpha value is -2.53. The number of alkyl halides is 3. The standard InChI is InChI=1S/C28H31ClF3NO/c1-5-15-27(4)18-24(21-9-7-8-19(3)17-21)25(20-10-12-22(29)13-11-20)33(26(27)34)23(6-2)14-16-28(30,31)32/h5-13,17,24-25H,1,14-16,18H2,2-4H3/b23-6+/t24?,25?,27-/m0/s1. The molecule has 0 radical (unpaired) electrons. The summed E-state index contributed by atoms with van der Waals surface area (Å²) in [5.74, 6) is -0.295. The Bertz CT molecular complexity index is 1060. The topological polar surface area (TPSA) is 20.3 Å². The third-order valence-electron chi connectivity index (χ3n) is 6.65. The summed E-state index contributed by atoms with van der Waals surface area (Å²) in [7, 11) is 0. The average molecular weight is 490 g/mol. The van der Waals surface area contributed by atoms with Crippen molar-refractivity contribution in [2.75, 3.05) is 0 Å². The molecule has 1 saturated heterocycles. The minimum atomic E-state index is -4.32. The molecule has 0 N–H and O–H groups in total. The molecule has 1 fully saturated rings. The number of benzene rings is 2. The fourth-order valence-electron chi connectivity index (χ4n) is 5.00. The number of carbonyl (C=O) groups is 1. The van der Waals surface area contributed by atoms with Crippen LogP contribution < -0.4 is 0 Å². The molecule has 2 nitrogen and oxygen atoms in total. The Morgan fingerprint density at radius 2 is 1.88 bits per heavy atom. The van der Waals surface area contributed by atoms with Gasteiger partial charge in [-0.05, 0) is 56.4 Å². The summed E-state index contributed by atoms with van der Waals surface area (Å²) in [6.07, 6.45) is -1.22. The van der Waals surface area contributed by atoms with Gasteiger partial charge in [-0.25, -0.2) is 0 Å². The molecule has 2 aromatic carbocycles. The molecule has 1 aliphatic rings. The summed E-state index contributed by atoms with van der Waals surface area (Å²) in [4.78, 5) is 15.6. The highest BCUT2D eigenvalue weighted by molar-refractivity contribution is 6.30. The van der Waals surface area contributed by atoms with E-state index in [4.69, 9.17) is 11.6 Å². The van der Waals surface area contributed by atoms with Crippen molar-refractivity contribution in [3.8, 4) is 0 Å². The number of amides is 1. The molecule has 0 bridgehead atoms. The van der Waals surface area contributed by atoms with Crippen LogP contribution in [0, 0.1) is 12.3 Å². The molecular weight excluding hydrogens is 459 g/mol. The van der Waals surface area contributed by atoms with Crippen LogP contribution in [0.15, 0.2) is 73.0 Å². The quantitative estimate of drug-likeness (QED) is 0.357. The van der Waals surface area contributed by atoms with Gasteiger partial charge in [0, 0.05) is 23.1 Å². The number of hydrogen-bond donors (Lipinski definition) is 0. The van der Waals surface area contributed by atoms with Crippen molar-refractivity contribution < 1.29 is 18.0 Å². The highest BCUT2D eigenvalue weighted by Crippen LogP contribution is 2.53. The van der Waals surface area contributed by atoms with Crippen LogP contribution in [0.25, 0.3) is 0 Å². The normalized spacial score (nSPS) is 23.8. The Morgan fingerprint density at radius 3 is 2.44 bits per heavy atom. The van der Waals surface area contributed by atoms with Crippen LogP contribution >= 0.6 is 11.6 Å². The fraction of sp³-hybridized carbons (Fsp3) is 0.393. The first-order valence-corrected chi connectivity index (χ1v) is 11.9. The summed E-state index contributed by atoms with van der Waals surface area (Å²) >= 11 is 6.14. The maximum atomic E-state index is 14.0. The molecule has 182 valence electrons. The lowest BCUT2D eigenvalue weighted by molar-refractivity contribution is -0.150. The van der Waals surface area contributed by atoms with E-state index in [1.54, 1.807) is 36.1 Å². The lowest BCUT2D eigenvalue weighted by Gasteiger charge is -2.50. The van der Waals surface area contributed by atoms with Crippen molar-refractivity contribution in [3.05, 3.63) is 94.7 Å². The molecule has 0 saturated carbocycles. The zero-order valence-corrected chi connectivity index (χ0v) is 20.6. The van der Waals surface area contributed by atoms with Crippen LogP contribution in [0.5, 0.6) is 0 Å². The molecular formula is C28H31ClF3NO. The van der Waals surface area contributed by atoms with E-state index >= 15 is 0 Å². The molecule has 3 atom stereocenters. The maximum Gasteiger partial charge on any atom is 0.389 e. The molecule has 34 heavy (non-hydrogen) atoms. The lowest BCUT2D eigenvalue weighted by atomic mass is 9.67. The summed E-state index contributed by atoms with van der Waals surface area (Å²) in [6, 6.07) is 14.9. The van der Waals surface area contributed by atoms with Crippen LogP contribution in [-0.4, -0.2) is 17.0 Å². The van der Waals surface area contributed by atoms with Crippen LogP contribution in [0.2, 0.25) is 5.02 Å². The van der Waals surface area contributed by atoms with E-state index in [-0.39, 0.29) is 18.2 Å². The number of carbonyl (C=O) groups excluding carboxylic acids is 1. The van der Waals surface area contributed by atoms with Gasteiger partial charge in [0.05, 0.1) is 11.5 Å². The van der Waals surface area contributed by atoms with Crippen LogP contribution in [0.3, 0.4) is 0 Å². The lowest BCUT2D eigenvalue weighted by Crippen LogP contribution is -2.51. The van der Waals surface area contributed by atoms with Gasteiger partial charge in [-0.1, -0.05) is 72.6 Å². The predicted molar refractivity (Wildman–Crippen MR) is 132 cm³/mol. The van der Waals surface area contributed by atoms with E-state index in [1.807, 2.05) is 44.2 Å². The van der Waals surface area contributed by atoms with Crippen molar-refractivity contribution >= 4 is 17.5 Å². The minimum absolute atomic E-state index is 0.121. The van der Waals surface area contributed by atoms with Crippen molar-refractivity contribution in [1.82, 2.24) is 4.90 Å². The molecule has 0 aliphatic carbocycles. The number of piperidine rings is 1. The predicted octanol–water partition coefficient (Wildman–Crippen LogP) is 8.53. The number of nitrogens with zero attached hydrogens (tertiary/aromatic N) is 1. The largest absolute Gasteiger partial charge is 0.389 e. The average Bonchev–Trinajstić information content (AvgIpc) is 2.77. The van der Waals surface area contributed by atoms with E-state index in [0.29, 0.717) is 23.6 Å². The van der Waals surface area contributed by atoms with E-state index in [0.717, 1.165) is 16.7 Å². The first-order valence-electron chi connectivity index (χ1n) is 11.5. The molecule has 6 heteroatoms. The number of halogens is 4. The van der Waals surface area contributed by atoms with Gasteiger partial charge in [-0.15, -0.1) is 6.58 Å². The minimum Gasteiger partial charge on any atom is -0.308 e. The number of aryl methyl sites for hydroxylation is 1. The number of hydrogen-bond acceptors (Lipinski definition) is 1. The van der Waals surface area contributed by atoms with Crippen molar-refractivity contribution in [2.24, 2.45) is 5.41 Å². The van der Waals surface area contributed by atoms with Gasteiger partial charge in [0.25, 0.3) is 0 Å². The third-order valence-corrected chi connectivity index (χ3v) is 6.90. The number of rotatable bonds is 7. The van der Waals surface area contributed by atoms with Gasteiger partial charge in [0.2, 0.25) is 5.91 Å². The number of allylic oxidation sites excluding steroid dienone is 3. The monoisotopic (exact) mass is 489 g/mol. The molecule has 1 heterocycles. The zero-order valence-electron chi connectivity index (χ0n) is 19.8. The maximum absolute atomic E-state index is 14.0. The molecule has 2 aromatic rings. The molecule has 2 unspecified atom stereocenters. The Balaban J connectivity index is 2.21. The fourth-order valence-corrected chi connectivity index (χ4v) is 5.12. The Labute approximate surface area is 205 Å².